The third-order valence-corrected chi connectivity index (χ3v) is 7.08. The van der Waals surface area contributed by atoms with Gasteiger partial charge in [-0.15, -0.1) is 0 Å². The van der Waals surface area contributed by atoms with Crippen LogP contribution in [0.2, 0.25) is 5.02 Å². The lowest BCUT2D eigenvalue weighted by molar-refractivity contribution is -0.121. The maximum Gasteiger partial charge on any atom is 0.264 e. The van der Waals surface area contributed by atoms with Gasteiger partial charge in [0.2, 0.25) is 11.8 Å². The molecular weight excluding hydrogens is 450 g/mol. The zero-order valence-electron chi connectivity index (χ0n) is 17.2. The molecule has 0 aromatic heterocycles. The second kappa shape index (κ2) is 8.64. The van der Waals surface area contributed by atoms with Crippen molar-refractivity contribution in [2.45, 2.75) is 11.8 Å². The predicted molar refractivity (Wildman–Crippen MR) is 125 cm³/mol. The molecule has 1 aliphatic rings. The van der Waals surface area contributed by atoms with Crippen LogP contribution in [0.15, 0.2) is 77.7 Å². The Kier molecular flexibility index (Phi) is 5.90. The molecule has 1 N–H and O–H groups in total. The Hall–Kier alpha value is -3.36. The highest BCUT2D eigenvalue weighted by molar-refractivity contribution is 7.92. The standard InChI is InChI=1S/C23H20ClN3O4S/c1-16-9-11-19(12-10-16)32(30,31)27(18-6-4-5-17(24)13-18)15-23(29)26-14-22(28)25-20-7-2-3-8-21(20)26/h2-13H,14-15H2,1H3,(H,25,28). The molecular formula is C23H20ClN3O4S. The van der Waals surface area contributed by atoms with Gasteiger partial charge in [0.05, 0.1) is 22.0 Å². The van der Waals surface area contributed by atoms with Crippen molar-refractivity contribution in [1.82, 2.24) is 0 Å². The van der Waals surface area contributed by atoms with Gasteiger partial charge in [-0.25, -0.2) is 8.42 Å². The minimum absolute atomic E-state index is 0.0488. The minimum atomic E-state index is -4.09. The number of fused-ring (bicyclic) bond motifs is 1. The molecule has 7 nitrogen and oxygen atoms in total. The first-order valence-electron chi connectivity index (χ1n) is 9.80. The fourth-order valence-corrected chi connectivity index (χ4v) is 5.04. The number of aryl methyl sites for hydroxylation is 1. The highest BCUT2D eigenvalue weighted by atomic mass is 35.5. The second-order valence-corrected chi connectivity index (χ2v) is 9.65. The smallest absolute Gasteiger partial charge is 0.264 e. The van der Waals surface area contributed by atoms with Crippen molar-refractivity contribution in [3.05, 3.63) is 83.4 Å². The van der Waals surface area contributed by atoms with Crippen molar-refractivity contribution < 1.29 is 18.0 Å². The van der Waals surface area contributed by atoms with E-state index in [4.69, 9.17) is 11.6 Å². The first kappa shape index (κ1) is 21.9. The number of halogens is 1. The van der Waals surface area contributed by atoms with E-state index in [2.05, 4.69) is 5.32 Å². The number of hydrogen-bond donors (Lipinski definition) is 1. The van der Waals surface area contributed by atoms with Gasteiger partial charge in [0.1, 0.15) is 13.1 Å². The van der Waals surface area contributed by atoms with Crippen LogP contribution in [0.25, 0.3) is 0 Å². The second-order valence-electron chi connectivity index (χ2n) is 7.35. The number of rotatable bonds is 5. The molecule has 0 saturated heterocycles. The molecule has 3 aromatic carbocycles. The molecule has 0 atom stereocenters. The van der Waals surface area contributed by atoms with Crippen molar-refractivity contribution >= 4 is 50.5 Å². The quantitative estimate of drug-likeness (QED) is 0.615. The number of benzene rings is 3. The molecule has 3 aromatic rings. The van der Waals surface area contributed by atoms with Crippen LogP contribution in [0.4, 0.5) is 17.1 Å². The Bertz CT molecular complexity index is 1290. The van der Waals surface area contributed by atoms with Crippen molar-refractivity contribution in [2.75, 3.05) is 27.6 Å². The number of nitrogens with zero attached hydrogens (tertiary/aromatic N) is 2. The summed E-state index contributed by atoms with van der Waals surface area (Å²) in [7, 11) is -4.09. The highest BCUT2D eigenvalue weighted by Gasteiger charge is 2.32. The molecule has 0 radical (unpaired) electrons. The SMILES string of the molecule is Cc1ccc(S(=O)(=O)N(CC(=O)N2CC(=O)Nc3ccccc32)c2cccc(Cl)c2)cc1. The number of nitrogens with one attached hydrogen (secondary N) is 1. The summed E-state index contributed by atoms with van der Waals surface area (Å²) in [5.41, 5.74) is 2.16. The number of para-hydroxylation sites is 2. The van der Waals surface area contributed by atoms with Gasteiger partial charge in [-0.3, -0.25) is 18.8 Å². The van der Waals surface area contributed by atoms with Gasteiger partial charge < -0.3 is 5.32 Å². The predicted octanol–water partition coefficient (Wildman–Crippen LogP) is 3.83. The van der Waals surface area contributed by atoms with Crippen LogP contribution in [0, 0.1) is 6.92 Å². The normalized spacial score (nSPS) is 13.3. The lowest BCUT2D eigenvalue weighted by Gasteiger charge is -2.32. The van der Waals surface area contributed by atoms with Gasteiger partial charge in [-0.1, -0.05) is 47.5 Å². The van der Waals surface area contributed by atoms with E-state index >= 15 is 0 Å². The molecule has 2 amide bonds. The van der Waals surface area contributed by atoms with E-state index in [0.29, 0.717) is 16.4 Å². The van der Waals surface area contributed by atoms with E-state index in [9.17, 15) is 18.0 Å². The third kappa shape index (κ3) is 4.32. The average Bonchev–Trinajstić information content (AvgIpc) is 2.76. The summed E-state index contributed by atoms with van der Waals surface area (Å²) in [5.74, 6) is -0.893. The number of carbonyl (C=O) groups is 2. The molecule has 1 heterocycles. The summed E-state index contributed by atoms with van der Waals surface area (Å²) in [4.78, 5) is 26.8. The summed E-state index contributed by atoms with van der Waals surface area (Å²) in [5, 5.41) is 3.05. The van der Waals surface area contributed by atoms with Gasteiger partial charge in [-0.05, 0) is 49.4 Å². The molecule has 0 fully saturated rings. The molecule has 0 bridgehead atoms. The van der Waals surface area contributed by atoms with Crippen molar-refractivity contribution in [2.24, 2.45) is 0 Å². The molecule has 0 aliphatic carbocycles. The zero-order valence-corrected chi connectivity index (χ0v) is 18.7. The molecule has 0 unspecified atom stereocenters. The number of hydrogen-bond acceptors (Lipinski definition) is 4. The monoisotopic (exact) mass is 469 g/mol. The van der Waals surface area contributed by atoms with E-state index < -0.39 is 22.5 Å². The van der Waals surface area contributed by atoms with Crippen LogP contribution in [0.5, 0.6) is 0 Å². The van der Waals surface area contributed by atoms with Crippen molar-refractivity contribution in [1.29, 1.82) is 0 Å². The lowest BCUT2D eigenvalue weighted by Crippen LogP contribution is -2.48. The van der Waals surface area contributed by atoms with E-state index in [-0.39, 0.29) is 23.0 Å². The summed E-state index contributed by atoms with van der Waals surface area (Å²) < 4.78 is 28.0. The van der Waals surface area contributed by atoms with Crippen molar-refractivity contribution in [3.8, 4) is 0 Å². The van der Waals surface area contributed by atoms with Crippen LogP contribution in [-0.2, 0) is 19.6 Å². The zero-order chi connectivity index (χ0) is 22.9. The summed E-state index contributed by atoms with van der Waals surface area (Å²) >= 11 is 6.11. The van der Waals surface area contributed by atoms with Crippen LogP contribution >= 0.6 is 11.6 Å². The first-order valence-corrected chi connectivity index (χ1v) is 11.6. The van der Waals surface area contributed by atoms with Crippen molar-refractivity contribution in [3.63, 3.8) is 0 Å². The third-order valence-electron chi connectivity index (χ3n) is 5.06. The van der Waals surface area contributed by atoms with Crippen LogP contribution < -0.4 is 14.5 Å². The summed E-state index contributed by atoms with van der Waals surface area (Å²) in [6.07, 6.45) is 0. The molecule has 0 spiro atoms. The van der Waals surface area contributed by atoms with Gasteiger partial charge in [0.25, 0.3) is 10.0 Å². The maximum absolute atomic E-state index is 13.5. The molecule has 164 valence electrons. The van der Waals surface area contributed by atoms with Crippen LogP contribution in [0.1, 0.15) is 5.56 Å². The van der Waals surface area contributed by atoms with Gasteiger partial charge in [0.15, 0.2) is 0 Å². The number of anilines is 3. The lowest BCUT2D eigenvalue weighted by atomic mass is 10.2. The topological polar surface area (TPSA) is 86.8 Å². The number of sulfonamides is 1. The molecule has 1 aliphatic heterocycles. The van der Waals surface area contributed by atoms with E-state index in [1.807, 2.05) is 6.92 Å². The van der Waals surface area contributed by atoms with E-state index in [1.54, 1.807) is 54.6 Å². The average molecular weight is 470 g/mol. The summed E-state index contributed by atoms with van der Waals surface area (Å²) in [6, 6.07) is 19.5. The van der Waals surface area contributed by atoms with E-state index in [1.165, 1.54) is 23.1 Å². The number of amides is 2. The number of carbonyl (C=O) groups excluding carboxylic acids is 2. The molecule has 9 heteroatoms. The Morgan fingerprint density at radius 3 is 2.50 bits per heavy atom. The maximum atomic E-state index is 13.5. The van der Waals surface area contributed by atoms with E-state index in [0.717, 1.165) is 9.87 Å². The highest BCUT2D eigenvalue weighted by Crippen LogP contribution is 2.31. The Labute approximate surface area is 191 Å². The van der Waals surface area contributed by atoms with Gasteiger partial charge in [0, 0.05) is 5.02 Å². The van der Waals surface area contributed by atoms with Crippen LogP contribution in [0.3, 0.4) is 0 Å². The minimum Gasteiger partial charge on any atom is -0.323 e. The van der Waals surface area contributed by atoms with Gasteiger partial charge in [-0.2, -0.15) is 0 Å². The fraction of sp³-hybridized carbons (Fsp3) is 0.130. The molecule has 32 heavy (non-hydrogen) atoms. The Balaban J connectivity index is 1.74. The first-order chi connectivity index (χ1) is 15.3. The Morgan fingerprint density at radius 1 is 1.06 bits per heavy atom. The molecule has 4 rings (SSSR count). The summed E-state index contributed by atoms with van der Waals surface area (Å²) in [6.45, 7) is 1.15. The molecule has 0 saturated carbocycles. The van der Waals surface area contributed by atoms with Gasteiger partial charge >= 0.3 is 0 Å². The Morgan fingerprint density at radius 2 is 1.78 bits per heavy atom. The largest absolute Gasteiger partial charge is 0.323 e. The fourth-order valence-electron chi connectivity index (χ4n) is 3.45. The van der Waals surface area contributed by atoms with Crippen LogP contribution in [-0.4, -0.2) is 33.3 Å².